The Labute approximate surface area is 181 Å². The maximum Gasteiger partial charge on any atom is 0.266 e. The molecule has 0 radical (unpaired) electrons. The van der Waals surface area contributed by atoms with Crippen LogP contribution in [0.3, 0.4) is 0 Å². The Bertz CT molecular complexity index is 1050. The van der Waals surface area contributed by atoms with E-state index < -0.39 is 0 Å². The summed E-state index contributed by atoms with van der Waals surface area (Å²) >= 11 is 0. The lowest BCUT2D eigenvalue weighted by atomic mass is 10.0. The number of rotatable bonds is 6. The minimum absolute atomic E-state index is 0.0702. The Morgan fingerprint density at radius 3 is 2.61 bits per heavy atom. The molecule has 4 heterocycles. The largest absolute Gasteiger partial charge is 0.444 e. The Morgan fingerprint density at radius 1 is 0.968 bits per heavy atom. The van der Waals surface area contributed by atoms with Crippen LogP contribution >= 0.6 is 0 Å². The molecule has 0 amide bonds. The monoisotopic (exact) mass is 420 g/mol. The summed E-state index contributed by atoms with van der Waals surface area (Å²) in [6, 6.07) is 7.17. The van der Waals surface area contributed by atoms with Crippen molar-refractivity contribution in [3.8, 4) is 11.3 Å². The second kappa shape index (κ2) is 9.11. The summed E-state index contributed by atoms with van der Waals surface area (Å²) in [6.07, 6.45) is 8.02. The van der Waals surface area contributed by atoms with Crippen molar-refractivity contribution in [2.75, 3.05) is 32.7 Å². The maximum absolute atomic E-state index is 12.3. The lowest BCUT2D eigenvalue weighted by Crippen LogP contribution is -2.47. The molecule has 3 aromatic heterocycles. The zero-order valence-electron chi connectivity index (χ0n) is 17.7. The average molecular weight is 421 g/mol. The number of pyridine rings is 1. The molecule has 1 fully saturated rings. The van der Waals surface area contributed by atoms with E-state index >= 15 is 0 Å². The van der Waals surface area contributed by atoms with Gasteiger partial charge in [-0.3, -0.25) is 19.6 Å². The normalized spacial score (nSPS) is 17.5. The van der Waals surface area contributed by atoms with Gasteiger partial charge in [0.2, 0.25) is 5.89 Å². The molecule has 162 valence electrons. The second-order valence-electron chi connectivity index (χ2n) is 8.32. The van der Waals surface area contributed by atoms with Gasteiger partial charge in [-0.2, -0.15) is 5.10 Å². The van der Waals surface area contributed by atoms with Gasteiger partial charge in [-0.1, -0.05) is 0 Å². The van der Waals surface area contributed by atoms with Crippen LogP contribution in [0.1, 0.15) is 30.2 Å². The van der Waals surface area contributed by atoms with Crippen LogP contribution in [-0.2, 0) is 25.9 Å². The highest BCUT2D eigenvalue weighted by Crippen LogP contribution is 2.22. The first-order valence-corrected chi connectivity index (χ1v) is 11.2. The number of piperazine rings is 1. The van der Waals surface area contributed by atoms with Crippen LogP contribution < -0.4 is 5.56 Å². The molecule has 1 saturated heterocycles. The van der Waals surface area contributed by atoms with Gasteiger partial charge in [0.1, 0.15) is 5.76 Å². The Balaban J connectivity index is 1.14. The summed E-state index contributed by atoms with van der Waals surface area (Å²) in [7, 11) is 0. The third kappa shape index (κ3) is 4.75. The van der Waals surface area contributed by atoms with Gasteiger partial charge in [0, 0.05) is 63.2 Å². The number of fused-ring (bicyclic) bond motifs is 1. The molecular formula is C23H28N6O2. The molecule has 3 aromatic rings. The maximum atomic E-state index is 12.3. The molecule has 8 nitrogen and oxygen atoms in total. The fourth-order valence-electron chi connectivity index (χ4n) is 4.35. The van der Waals surface area contributed by atoms with Crippen molar-refractivity contribution in [3.05, 3.63) is 64.4 Å². The second-order valence-corrected chi connectivity index (χ2v) is 8.32. The van der Waals surface area contributed by atoms with E-state index in [9.17, 15) is 4.79 Å². The van der Waals surface area contributed by atoms with Gasteiger partial charge in [0.15, 0.2) is 0 Å². The van der Waals surface area contributed by atoms with Crippen molar-refractivity contribution in [3.63, 3.8) is 0 Å². The fourth-order valence-corrected chi connectivity index (χ4v) is 4.35. The first-order chi connectivity index (χ1) is 15.2. The summed E-state index contributed by atoms with van der Waals surface area (Å²) in [4.78, 5) is 25.9. The van der Waals surface area contributed by atoms with E-state index in [1.807, 2.05) is 12.1 Å². The molecule has 0 N–H and O–H groups in total. The summed E-state index contributed by atoms with van der Waals surface area (Å²) in [5.41, 5.74) is 2.79. The summed E-state index contributed by atoms with van der Waals surface area (Å²) in [5.74, 6) is 1.97. The molecule has 0 spiro atoms. The number of oxazole rings is 1. The smallest absolute Gasteiger partial charge is 0.266 e. The average Bonchev–Trinajstić information content (AvgIpc) is 3.22. The zero-order chi connectivity index (χ0) is 21.0. The number of aryl methyl sites for hydroxylation is 2. The molecule has 1 aliphatic carbocycles. The lowest BCUT2D eigenvalue weighted by Gasteiger charge is -2.33. The SMILES string of the molecule is O=c1ccc(-c2cccnc2)nn1CCN1CCN(Cc2nc3c(o2)CCCC3)CC1. The van der Waals surface area contributed by atoms with E-state index in [2.05, 4.69) is 19.9 Å². The van der Waals surface area contributed by atoms with E-state index in [-0.39, 0.29) is 5.56 Å². The first-order valence-electron chi connectivity index (χ1n) is 11.2. The van der Waals surface area contributed by atoms with Gasteiger partial charge in [-0.15, -0.1) is 0 Å². The van der Waals surface area contributed by atoms with Crippen LogP contribution in [0.4, 0.5) is 0 Å². The van der Waals surface area contributed by atoms with Crippen LogP contribution in [0.15, 0.2) is 45.9 Å². The fraction of sp³-hybridized carbons (Fsp3) is 0.478. The van der Waals surface area contributed by atoms with Crippen molar-refractivity contribution < 1.29 is 4.42 Å². The van der Waals surface area contributed by atoms with Crippen LogP contribution in [0.5, 0.6) is 0 Å². The number of hydrogen-bond donors (Lipinski definition) is 0. The van der Waals surface area contributed by atoms with Gasteiger partial charge in [0.05, 0.1) is 24.5 Å². The number of nitrogens with zero attached hydrogens (tertiary/aromatic N) is 6. The third-order valence-corrected chi connectivity index (χ3v) is 6.17. The Hall–Kier alpha value is -2.84. The highest BCUT2D eigenvalue weighted by Gasteiger charge is 2.21. The molecule has 0 unspecified atom stereocenters. The van der Waals surface area contributed by atoms with Crippen LogP contribution in [-0.4, -0.2) is 62.3 Å². The molecule has 5 rings (SSSR count). The van der Waals surface area contributed by atoms with Gasteiger partial charge in [0.25, 0.3) is 5.56 Å². The highest BCUT2D eigenvalue weighted by molar-refractivity contribution is 5.56. The lowest BCUT2D eigenvalue weighted by molar-refractivity contribution is 0.115. The van der Waals surface area contributed by atoms with E-state index in [0.29, 0.717) is 6.54 Å². The predicted molar refractivity (Wildman–Crippen MR) is 117 cm³/mol. The molecule has 31 heavy (non-hydrogen) atoms. The summed E-state index contributed by atoms with van der Waals surface area (Å²) < 4.78 is 7.55. The molecule has 1 aliphatic heterocycles. The van der Waals surface area contributed by atoms with Crippen LogP contribution in [0, 0.1) is 0 Å². The van der Waals surface area contributed by atoms with Gasteiger partial charge >= 0.3 is 0 Å². The molecule has 0 saturated carbocycles. The summed E-state index contributed by atoms with van der Waals surface area (Å²) in [5, 5.41) is 4.54. The van der Waals surface area contributed by atoms with Crippen LogP contribution in [0.25, 0.3) is 11.3 Å². The minimum atomic E-state index is -0.0702. The van der Waals surface area contributed by atoms with Gasteiger partial charge in [-0.25, -0.2) is 9.67 Å². The van der Waals surface area contributed by atoms with Crippen molar-refractivity contribution in [2.45, 2.75) is 38.8 Å². The van der Waals surface area contributed by atoms with Crippen molar-refractivity contribution in [1.29, 1.82) is 0 Å². The number of hydrogen-bond acceptors (Lipinski definition) is 7. The van der Waals surface area contributed by atoms with Crippen LogP contribution in [0.2, 0.25) is 0 Å². The minimum Gasteiger partial charge on any atom is -0.444 e. The van der Waals surface area contributed by atoms with E-state index in [4.69, 9.17) is 9.40 Å². The molecule has 0 atom stereocenters. The highest BCUT2D eigenvalue weighted by atomic mass is 16.4. The quantitative estimate of drug-likeness (QED) is 0.603. The first kappa shape index (κ1) is 20.1. The molecule has 0 aromatic carbocycles. The molecule has 8 heteroatoms. The van der Waals surface area contributed by atoms with Gasteiger partial charge in [-0.05, 0) is 37.5 Å². The van der Waals surface area contributed by atoms with Crippen molar-refractivity contribution in [2.24, 2.45) is 0 Å². The van der Waals surface area contributed by atoms with Gasteiger partial charge < -0.3 is 4.42 Å². The zero-order valence-corrected chi connectivity index (χ0v) is 17.7. The molecular weight excluding hydrogens is 392 g/mol. The molecule has 0 bridgehead atoms. The van der Waals surface area contributed by atoms with Crippen molar-refractivity contribution >= 4 is 0 Å². The van der Waals surface area contributed by atoms with Crippen molar-refractivity contribution in [1.82, 2.24) is 29.5 Å². The van der Waals surface area contributed by atoms with E-state index in [1.54, 1.807) is 29.2 Å². The predicted octanol–water partition coefficient (Wildman–Crippen LogP) is 1.99. The molecule has 2 aliphatic rings. The Morgan fingerprint density at radius 2 is 1.81 bits per heavy atom. The topological polar surface area (TPSA) is 80.3 Å². The third-order valence-electron chi connectivity index (χ3n) is 6.17. The standard InChI is InChI=1S/C23H28N6O2/c30-23-8-7-19(18-4-3-9-24-16-18)26-29(23)15-14-27-10-12-28(13-11-27)17-22-25-20-5-1-2-6-21(20)31-22/h3-4,7-9,16H,1-2,5-6,10-15,17H2. The van der Waals surface area contributed by atoms with E-state index in [0.717, 1.165) is 75.0 Å². The number of aromatic nitrogens is 4. The Kier molecular flexibility index (Phi) is 5.90. The van der Waals surface area contributed by atoms with E-state index in [1.165, 1.54) is 18.5 Å². The summed E-state index contributed by atoms with van der Waals surface area (Å²) in [6.45, 7) is 6.07.